The van der Waals surface area contributed by atoms with Gasteiger partial charge in [-0.25, -0.2) is 0 Å². The average molecular weight is 153 g/mol. The van der Waals surface area contributed by atoms with Gasteiger partial charge >= 0.3 is 0 Å². The van der Waals surface area contributed by atoms with Crippen LogP contribution in [-0.4, -0.2) is 26.9 Å². The van der Waals surface area contributed by atoms with Crippen LogP contribution in [0.5, 0.6) is 0 Å². The Hall–Kier alpha value is 0.110. The SMILES string of the molecule is COC(OC)P(C)(=O)[O-]. The zero-order chi connectivity index (χ0) is 7.49. The molecule has 9 heavy (non-hydrogen) atoms. The molecule has 0 aromatic carbocycles. The highest BCUT2D eigenvalue weighted by Gasteiger charge is 2.14. The third kappa shape index (κ3) is 2.96. The van der Waals surface area contributed by atoms with Gasteiger partial charge in [-0.1, -0.05) is 0 Å². The van der Waals surface area contributed by atoms with Gasteiger partial charge in [-0.3, -0.25) is 0 Å². The summed E-state index contributed by atoms with van der Waals surface area (Å²) in [6, 6.07) is -1.10. The third-order valence-corrected chi connectivity index (χ3v) is 1.97. The summed E-state index contributed by atoms with van der Waals surface area (Å²) in [5, 5.41) is 0. The van der Waals surface area contributed by atoms with Gasteiger partial charge in [0.15, 0.2) is 6.03 Å². The maximum Gasteiger partial charge on any atom is 0.196 e. The molecule has 0 aromatic heterocycles. The fourth-order valence-corrected chi connectivity index (χ4v) is 1.25. The van der Waals surface area contributed by atoms with Gasteiger partial charge in [0, 0.05) is 14.2 Å². The van der Waals surface area contributed by atoms with Crippen molar-refractivity contribution in [3.63, 3.8) is 0 Å². The van der Waals surface area contributed by atoms with Gasteiger partial charge in [0.25, 0.3) is 0 Å². The van der Waals surface area contributed by atoms with Gasteiger partial charge in [0.2, 0.25) is 0 Å². The van der Waals surface area contributed by atoms with Crippen molar-refractivity contribution in [1.82, 2.24) is 0 Å². The molecule has 0 heterocycles. The minimum Gasteiger partial charge on any atom is -0.796 e. The Morgan fingerprint density at radius 2 is 1.78 bits per heavy atom. The molecule has 0 bridgehead atoms. The summed E-state index contributed by atoms with van der Waals surface area (Å²) in [4.78, 5) is 10.6. The molecule has 0 aromatic rings. The van der Waals surface area contributed by atoms with Crippen LogP contribution < -0.4 is 4.89 Å². The minimum atomic E-state index is -3.47. The van der Waals surface area contributed by atoms with Crippen molar-refractivity contribution in [2.45, 2.75) is 6.03 Å². The number of hydrogen-bond donors (Lipinski definition) is 0. The first kappa shape index (κ1) is 9.11. The number of hydrogen-bond acceptors (Lipinski definition) is 4. The first-order valence-corrected chi connectivity index (χ1v) is 4.50. The van der Waals surface area contributed by atoms with E-state index >= 15 is 0 Å². The van der Waals surface area contributed by atoms with Crippen molar-refractivity contribution in [2.24, 2.45) is 0 Å². The first-order chi connectivity index (χ1) is 4.02. The van der Waals surface area contributed by atoms with Crippen LogP contribution in [0.2, 0.25) is 0 Å². The van der Waals surface area contributed by atoms with E-state index < -0.39 is 13.4 Å². The summed E-state index contributed by atoms with van der Waals surface area (Å²) < 4.78 is 19.5. The molecular weight excluding hydrogens is 143 g/mol. The fraction of sp³-hybridized carbons (Fsp3) is 1.00. The molecule has 0 rings (SSSR count). The topological polar surface area (TPSA) is 58.6 Å². The molecule has 1 unspecified atom stereocenters. The van der Waals surface area contributed by atoms with Crippen molar-refractivity contribution in [1.29, 1.82) is 0 Å². The quantitative estimate of drug-likeness (QED) is 0.417. The lowest BCUT2D eigenvalue weighted by Crippen LogP contribution is -2.19. The monoisotopic (exact) mass is 153 g/mol. The van der Waals surface area contributed by atoms with Gasteiger partial charge in [0.05, 0.1) is 7.37 Å². The van der Waals surface area contributed by atoms with E-state index in [1.54, 1.807) is 0 Å². The molecule has 0 saturated heterocycles. The Morgan fingerprint density at radius 3 is 1.78 bits per heavy atom. The summed E-state index contributed by atoms with van der Waals surface area (Å²) in [6.07, 6.45) is 0. The number of ether oxygens (including phenoxy) is 2. The van der Waals surface area contributed by atoms with Crippen LogP contribution >= 0.6 is 7.37 Å². The minimum absolute atomic E-state index is 1.07. The normalized spacial score (nSPS) is 17.9. The molecule has 0 aliphatic carbocycles. The molecule has 4 nitrogen and oxygen atoms in total. The van der Waals surface area contributed by atoms with Crippen molar-refractivity contribution in [2.75, 3.05) is 20.9 Å². The van der Waals surface area contributed by atoms with Gasteiger partial charge in [0.1, 0.15) is 0 Å². The molecule has 0 amide bonds. The van der Waals surface area contributed by atoms with Crippen molar-refractivity contribution in [3.8, 4) is 0 Å². The van der Waals surface area contributed by atoms with E-state index in [0.717, 1.165) is 6.66 Å². The Balaban J connectivity index is 3.96. The summed E-state index contributed by atoms with van der Waals surface area (Å²) in [5.41, 5.74) is 0. The molecule has 0 fully saturated rings. The number of methoxy groups -OCH3 is 2. The second kappa shape index (κ2) is 3.32. The predicted octanol–water partition coefficient (Wildman–Crippen LogP) is -0.169. The summed E-state index contributed by atoms with van der Waals surface area (Å²) >= 11 is 0. The van der Waals surface area contributed by atoms with Crippen LogP contribution in [0.25, 0.3) is 0 Å². The molecule has 56 valence electrons. The third-order valence-electron chi connectivity index (χ3n) is 0.786. The molecular formula is C4H10O4P-. The second-order valence-corrected chi connectivity index (χ2v) is 3.93. The van der Waals surface area contributed by atoms with Gasteiger partial charge in [-0.05, 0) is 6.66 Å². The van der Waals surface area contributed by atoms with E-state index in [0.29, 0.717) is 0 Å². The summed E-state index contributed by atoms with van der Waals surface area (Å²) in [5.74, 6) is 0. The zero-order valence-corrected chi connectivity index (χ0v) is 6.55. The van der Waals surface area contributed by atoms with E-state index in [1.807, 2.05) is 0 Å². The smallest absolute Gasteiger partial charge is 0.196 e. The molecule has 1 atom stereocenters. The molecule has 0 aliphatic heterocycles. The molecule has 0 N–H and O–H groups in total. The standard InChI is InChI=1S/C4H11O4P/c1-7-4(8-2)9(3,5)6/h4H,1-3H3,(H,5,6)/p-1. The highest BCUT2D eigenvalue weighted by molar-refractivity contribution is 7.56. The van der Waals surface area contributed by atoms with Crippen molar-refractivity contribution < 1.29 is 18.9 Å². The van der Waals surface area contributed by atoms with Crippen LogP contribution in [0.3, 0.4) is 0 Å². The van der Waals surface area contributed by atoms with Crippen LogP contribution in [0.4, 0.5) is 0 Å². The predicted molar refractivity (Wildman–Crippen MR) is 31.3 cm³/mol. The maximum atomic E-state index is 10.6. The maximum absolute atomic E-state index is 10.6. The Bertz CT molecular complexity index is 114. The van der Waals surface area contributed by atoms with E-state index in [1.165, 1.54) is 14.2 Å². The first-order valence-electron chi connectivity index (χ1n) is 2.36. The van der Waals surface area contributed by atoms with Crippen LogP contribution in [0.15, 0.2) is 0 Å². The molecule has 0 saturated carbocycles. The van der Waals surface area contributed by atoms with E-state index in [2.05, 4.69) is 9.47 Å². The van der Waals surface area contributed by atoms with Crippen molar-refractivity contribution >= 4 is 7.37 Å². The lowest BCUT2D eigenvalue weighted by Gasteiger charge is -2.25. The largest absolute Gasteiger partial charge is 0.796 e. The lowest BCUT2D eigenvalue weighted by molar-refractivity contribution is -0.200. The molecule has 0 aliphatic rings. The van der Waals surface area contributed by atoms with Crippen LogP contribution in [0, 0.1) is 0 Å². The molecule has 0 spiro atoms. The van der Waals surface area contributed by atoms with E-state index in [-0.39, 0.29) is 0 Å². The highest BCUT2D eigenvalue weighted by Crippen LogP contribution is 2.37. The molecule has 5 heteroatoms. The summed E-state index contributed by atoms with van der Waals surface area (Å²) in [6.45, 7) is 1.07. The van der Waals surface area contributed by atoms with Crippen LogP contribution in [-0.2, 0) is 14.0 Å². The van der Waals surface area contributed by atoms with E-state index in [4.69, 9.17) is 0 Å². The second-order valence-electron chi connectivity index (χ2n) is 1.69. The average Bonchev–Trinajstić information content (AvgIpc) is 1.65. The van der Waals surface area contributed by atoms with Crippen LogP contribution in [0.1, 0.15) is 0 Å². The van der Waals surface area contributed by atoms with Crippen molar-refractivity contribution in [3.05, 3.63) is 0 Å². The van der Waals surface area contributed by atoms with Gasteiger partial charge in [-0.2, -0.15) is 0 Å². The van der Waals surface area contributed by atoms with E-state index in [9.17, 15) is 9.46 Å². The van der Waals surface area contributed by atoms with Gasteiger partial charge in [-0.15, -0.1) is 0 Å². The Labute approximate surface area is 54.2 Å². The number of rotatable bonds is 3. The Kier molecular flexibility index (Phi) is 3.36. The highest BCUT2D eigenvalue weighted by atomic mass is 31.2. The molecule has 0 radical (unpaired) electrons. The lowest BCUT2D eigenvalue weighted by atomic mass is 11.3. The fourth-order valence-electron chi connectivity index (χ4n) is 0.479. The Morgan fingerprint density at radius 1 is 1.44 bits per heavy atom. The summed E-state index contributed by atoms with van der Waals surface area (Å²) in [7, 11) is -0.910. The zero-order valence-electron chi connectivity index (χ0n) is 5.66. The van der Waals surface area contributed by atoms with Gasteiger partial charge < -0.3 is 18.9 Å².